The molecule has 0 aromatic carbocycles. The summed E-state index contributed by atoms with van der Waals surface area (Å²) in [6, 6.07) is 0. The normalized spacial score (nSPS) is 10.7. The van der Waals surface area contributed by atoms with Gasteiger partial charge in [0, 0.05) is 13.1 Å². The van der Waals surface area contributed by atoms with Crippen LogP contribution in [0.4, 0.5) is 0 Å². The van der Waals surface area contributed by atoms with E-state index >= 15 is 0 Å². The van der Waals surface area contributed by atoms with Crippen LogP contribution in [0.5, 0.6) is 0 Å². The Labute approximate surface area is 132 Å². The lowest BCUT2D eigenvalue weighted by Gasteiger charge is -2.15. The Balaban J connectivity index is 0. The van der Waals surface area contributed by atoms with Crippen molar-refractivity contribution in [1.29, 1.82) is 0 Å². The van der Waals surface area contributed by atoms with Crippen molar-refractivity contribution in [3.8, 4) is 0 Å². The summed E-state index contributed by atoms with van der Waals surface area (Å²) in [5.41, 5.74) is 0. The number of likely N-dealkylation sites (N-methyl/N-ethyl adjacent to an activating group) is 2. The number of halogens is 1. The molecular formula is C16H37BrN2. The highest BCUT2D eigenvalue weighted by molar-refractivity contribution is 8.93. The Kier molecular flexibility index (Phi) is 21.0. The van der Waals surface area contributed by atoms with Gasteiger partial charge >= 0.3 is 0 Å². The van der Waals surface area contributed by atoms with Crippen molar-refractivity contribution in [1.82, 2.24) is 10.2 Å². The van der Waals surface area contributed by atoms with Crippen LogP contribution in [0.3, 0.4) is 0 Å². The zero-order chi connectivity index (χ0) is 13.5. The maximum absolute atomic E-state index is 3.20. The SMILES string of the molecule is Br.CCCCCCCCCCCCN(C)CCNC. The van der Waals surface area contributed by atoms with E-state index in [1.54, 1.807) is 0 Å². The van der Waals surface area contributed by atoms with E-state index in [-0.39, 0.29) is 17.0 Å². The molecule has 2 nitrogen and oxygen atoms in total. The van der Waals surface area contributed by atoms with E-state index in [9.17, 15) is 0 Å². The maximum atomic E-state index is 3.20. The van der Waals surface area contributed by atoms with E-state index in [1.165, 1.54) is 77.3 Å². The van der Waals surface area contributed by atoms with Crippen molar-refractivity contribution in [3.63, 3.8) is 0 Å². The molecule has 118 valence electrons. The van der Waals surface area contributed by atoms with Gasteiger partial charge in [0.2, 0.25) is 0 Å². The van der Waals surface area contributed by atoms with Gasteiger partial charge in [-0.2, -0.15) is 0 Å². The van der Waals surface area contributed by atoms with Gasteiger partial charge < -0.3 is 10.2 Å². The van der Waals surface area contributed by atoms with Gasteiger partial charge in [-0.15, -0.1) is 17.0 Å². The highest BCUT2D eigenvalue weighted by Crippen LogP contribution is 2.10. The van der Waals surface area contributed by atoms with E-state index in [0.717, 1.165) is 6.54 Å². The number of nitrogens with one attached hydrogen (secondary N) is 1. The van der Waals surface area contributed by atoms with E-state index in [4.69, 9.17) is 0 Å². The first-order valence-corrected chi connectivity index (χ1v) is 8.14. The molecule has 0 aliphatic rings. The molecule has 0 amide bonds. The molecule has 0 saturated heterocycles. The molecule has 0 aromatic rings. The fraction of sp³-hybridized carbons (Fsp3) is 1.00. The molecule has 0 spiro atoms. The molecule has 1 N–H and O–H groups in total. The second-order valence-corrected chi connectivity index (χ2v) is 5.59. The van der Waals surface area contributed by atoms with E-state index in [0.29, 0.717) is 0 Å². The summed E-state index contributed by atoms with van der Waals surface area (Å²) in [5, 5.41) is 3.20. The third-order valence-corrected chi connectivity index (χ3v) is 3.64. The molecule has 0 bridgehead atoms. The topological polar surface area (TPSA) is 15.3 Å². The van der Waals surface area contributed by atoms with Crippen LogP contribution < -0.4 is 5.32 Å². The quantitative estimate of drug-likeness (QED) is 0.465. The predicted molar refractivity (Wildman–Crippen MR) is 93.6 cm³/mol. The summed E-state index contributed by atoms with van der Waals surface area (Å²) in [7, 11) is 4.25. The van der Waals surface area contributed by atoms with Gasteiger partial charge in [-0.25, -0.2) is 0 Å². The van der Waals surface area contributed by atoms with Crippen LogP contribution in [0, 0.1) is 0 Å². The molecule has 0 heterocycles. The van der Waals surface area contributed by atoms with Crippen molar-refractivity contribution < 1.29 is 0 Å². The summed E-state index contributed by atoms with van der Waals surface area (Å²) in [6.45, 7) is 5.83. The number of hydrogen-bond acceptors (Lipinski definition) is 2. The van der Waals surface area contributed by atoms with Crippen LogP contribution >= 0.6 is 17.0 Å². The maximum Gasteiger partial charge on any atom is 0.0104 e. The van der Waals surface area contributed by atoms with E-state index < -0.39 is 0 Å². The fourth-order valence-corrected chi connectivity index (χ4v) is 2.28. The van der Waals surface area contributed by atoms with Crippen molar-refractivity contribution in [2.45, 2.75) is 71.1 Å². The summed E-state index contributed by atoms with van der Waals surface area (Å²) in [6.07, 6.45) is 14.3. The van der Waals surface area contributed by atoms with Crippen LogP contribution in [0.2, 0.25) is 0 Å². The summed E-state index contributed by atoms with van der Waals surface area (Å²) >= 11 is 0. The Morgan fingerprint density at radius 3 is 1.68 bits per heavy atom. The molecule has 3 heteroatoms. The first-order chi connectivity index (χ1) is 8.81. The highest BCUT2D eigenvalue weighted by atomic mass is 79.9. The van der Waals surface area contributed by atoms with Crippen molar-refractivity contribution >= 4 is 17.0 Å². The Morgan fingerprint density at radius 2 is 1.21 bits per heavy atom. The first-order valence-electron chi connectivity index (χ1n) is 8.14. The Morgan fingerprint density at radius 1 is 0.737 bits per heavy atom. The molecule has 0 unspecified atom stereocenters. The predicted octanol–water partition coefficient (Wildman–Crippen LogP) is 4.64. The molecule has 0 atom stereocenters. The lowest BCUT2D eigenvalue weighted by Crippen LogP contribution is -2.28. The van der Waals surface area contributed by atoms with Crippen LogP contribution in [-0.4, -0.2) is 38.6 Å². The number of rotatable bonds is 14. The minimum atomic E-state index is 0. The molecule has 0 saturated carbocycles. The zero-order valence-electron chi connectivity index (χ0n) is 13.5. The van der Waals surface area contributed by atoms with Crippen LogP contribution in [0.25, 0.3) is 0 Å². The van der Waals surface area contributed by atoms with E-state index in [1.807, 2.05) is 7.05 Å². The fourth-order valence-electron chi connectivity index (χ4n) is 2.28. The van der Waals surface area contributed by atoms with Gasteiger partial charge in [0.25, 0.3) is 0 Å². The van der Waals surface area contributed by atoms with Crippen molar-refractivity contribution in [2.75, 3.05) is 33.7 Å². The van der Waals surface area contributed by atoms with Crippen LogP contribution in [0.15, 0.2) is 0 Å². The average molecular weight is 337 g/mol. The first kappa shape index (κ1) is 21.7. The summed E-state index contributed by atoms with van der Waals surface area (Å²) in [5.74, 6) is 0. The Hall–Kier alpha value is 0.400. The van der Waals surface area contributed by atoms with Gasteiger partial charge in [0.1, 0.15) is 0 Å². The summed E-state index contributed by atoms with van der Waals surface area (Å²) < 4.78 is 0. The molecular weight excluding hydrogens is 300 g/mol. The molecule has 0 aliphatic carbocycles. The monoisotopic (exact) mass is 336 g/mol. The molecule has 0 radical (unpaired) electrons. The van der Waals surface area contributed by atoms with Gasteiger partial charge in [-0.3, -0.25) is 0 Å². The van der Waals surface area contributed by atoms with Crippen LogP contribution in [0.1, 0.15) is 71.1 Å². The van der Waals surface area contributed by atoms with Crippen LogP contribution in [-0.2, 0) is 0 Å². The largest absolute Gasteiger partial charge is 0.318 e. The minimum Gasteiger partial charge on any atom is -0.318 e. The minimum absolute atomic E-state index is 0. The molecule has 0 aromatic heterocycles. The summed E-state index contributed by atoms with van der Waals surface area (Å²) in [4.78, 5) is 2.43. The average Bonchev–Trinajstić information content (AvgIpc) is 2.38. The standard InChI is InChI=1S/C16H36N2.BrH/c1-4-5-6-7-8-9-10-11-12-13-15-18(3)16-14-17-2;/h17H,4-16H2,1-3H3;1H. The number of nitrogens with zero attached hydrogens (tertiary/aromatic N) is 1. The van der Waals surface area contributed by atoms with E-state index in [2.05, 4.69) is 24.2 Å². The van der Waals surface area contributed by atoms with Gasteiger partial charge in [-0.1, -0.05) is 64.7 Å². The lowest BCUT2D eigenvalue weighted by molar-refractivity contribution is 0.325. The van der Waals surface area contributed by atoms with Crippen molar-refractivity contribution in [3.05, 3.63) is 0 Å². The molecule has 0 rings (SSSR count). The molecule has 0 aliphatic heterocycles. The van der Waals surface area contributed by atoms with Gasteiger partial charge in [0.05, 0.1) is 0 Å². The van der Waals surface area contributed by atoms with Crippen molar-refractivity contribution in [2.24, 2.45) is 0 Å². The molecule has 0 fully saturated rings. The zero-order valence-corrected chi connectivity index (χ0v) is 15.3. The highest BCUT2D eigenvalue weighted by Gasteiger charge is 1.97. The molecule has 19 heavy (non-hydrogen) atoms. The third kappa shape index (κ3) is 18.4. The van der Waals surface area contributed by atoms with Gasteiger partial charge in [-0.05, 0) is 27.1 Å². The smallest absolute Gasteiger partial charge is 0.0104 e. The third-order valence-electron chi connectivity index (χ3n) is 3.64. The lowest BCUT2D eigenvalue weighted by atomic mass is 10.1. The number of unbranched alkanes of at least 4 members (excludes halogenated alkanes) is 9. The second-order valence-electron chi connectivity index (χ2n) is 5.59. The Bertz CT molecular complexity index is 154. The second kappa shape index (κ2) is 18.4. The number of hydrogen-bond donors (Lipinski definition) is 1. The van der Waals surface area contributed by atoms with Gasteiger partial charge in [0.15, 0.2) is 0 Å².